The third kappa shape index (κ3) is 8.74. The van der Waals surface area contributed by atoms with Gasteiger partial charge in [0.2, 0.25) is 0 Å². The fourth-order valence-corrected chi connectivity index (χ4v) is 11.1. The molecule has 0 heterocycles. The molecule has 0 saturated heterocycles. The topological polar surface area (TPSA) is 52.6 Å². The predicted molar refractivity (Wildman–Crippen MR) is 195 cm³/mol. The standard InChI is InChI=1S/C43H68O4/c1-30(13-17-34-32(3)15-19-36-40(5,6)23-11-25-42(34,36)9)21-27-46-38(44)29-39(45)47-28-22-31(2)14-18-35-33(4)16-20-37-41(7,8)24-12-26-43(35,37)10/h15-16,21-22,34-37H,11-14,17-20,23-29H2,1-10H3. The number of esters is 2. The third-order valence-corrected chi connectivity index (χ3v) is 13.9. The highest BCUT2D eigenvalue weighted by molar-refractivity contribution is 5.91. The SMILES string of the molecule is CC(=CCOC(=O)CC(=O)OCC=C(C)CCC1C(C)=CCC2C(C)(C)CCCC12C)CCC1C(C)=CCC2C(C)(C)CCCC12C. The lowest BCUT2D eigenvalue weighted by molar-refractivity contribution is -0.153. The van der Waals surface area contributed by atoms with Crippen molar-refractivity contribution in [1.29, 1.82) is 0 Å². The summed E-state index contributed by atoms with van der Waals surface area (Å²) in [6, 6.07) is 0. The first-order valence-corrected chi connectivity index (χ1v) is 19.0. The van der Waals surface area contributed by atoms with Gasteiger partial charge in [0.25, 0.3) is 0 Å². The van der Waals surface area contributed by atoms with Crippen molar-refractivity contribution in [2.24, 2.45) is 45.3 Å². The number of allylic oxidation sites excluding steroid dienone is 6. The molecule has 6 atom stereocenters. The van der Waals surface area contributed by atoms with Crippen molar-refractivity contribution in [3.8, 4) is 0 Å². The first-order chi connectivity index (χ1) is 22.0. The number of hydrogen-bond donors (Lipinski definition) is 0. The Balaban J connectivity index is 1.16. The van der Waals surface area contributed by atoms with E-state index in [1.807, 2.05) is 12.2 Å². The van der Waals surface area contributed by atoms with Crippen molar-refractivity contribution in [1.82, 2.24) is 0 Å². The van der Waals surface area contributed by atoms with E-state index in [2.05, 4.69) is 81.4 Å². The molecular weight excluding hydrogens is 580 g/mol. The van der Waals surface area contributed by atoms with E-state index < -0.39 is 11.9 Å². The maximum absolute atomic E-state index is 12.4. The Morgan fingerprint density at radius 1 is 0.681 bits per heavy atom. The van der Waals surface area contributed by atoms with Gasteiger partial charge in [0.05, 0.1) is 0 Å². The molecule has 47 heavy (non-hydrogen) atoms. The van der Waals surface area contributed by atoms with Crippen LogP contribution in [0.3, 0.4) is 0 Å². The second kappa shape index (κ2) is 15.2. The van der Waals surface area contributed by atoms with Crippen LogP contribution in [-0.2, 0) is 19.1 Å². The Hall–Kier alpha value is -2.10. The molecule has 4 nitrogen and oxygen atoms in total. The van der Waals surface area contributed by atoms with Crippen LogP contribution in [0, 0.1) is 45.3 Å². The molecule has 0 aliphatic heterocycles. The van der Waals surface area contributed by atoms with Crippen molar-refractivity contribution >= 4 is 11.9 Å². The van der Waals surface area contributed by atoms with E-state index in [1.165, 1.54) is 62.5 Å². The van der Waals surface area contributed by atoms with E-state index in [0.29, 0.717) is 33.5 Å². The highest BCUT2D eigenvalue weighted by atomic mass is 16.6. The van der Waals surface area contributed by atoms with Crippen molar-refractivity contribution in [2.75, 3.05) is 13.2 Å². The van der Waals surface area contributed by atoms with Gasteiger partial charge < -0.3 is 9.47 Å². The summed E-state index contributed by atoms with van der Waals surface area (Å²) in [4.78, 5) is 24.7. The van der Waals surface area contributed by atoms with Crippen molar-refractivity contribution in [3.63, 3.8) is 0 Å². The molecule has 0 aromatic carbocycles. The summed E-state index contributed by atoms with van der Waals surface area (Å²) < 4.78 is 10.8. The zero-order chi connectivity index (χ0) is 34.6. The molecule has 4 heteroatoms. The fraction of sp³-hybridized carbons (Fsp3) is 0.767. The molecule has 4 rings (SSSR count). The van der Waals surface area contributed by atoms with Crippen LogP contribution in [0.25, 0.3) is 0 Å². The number of hydrogen-bond acceptors (Lipinski definition) is 4. The maximum atomic E-state index is 12.4. The van der Waals surface area contributed by atoms with Crippen LogP contribution < -0.4 is 0 Å². The highest BCUT2D eigenvalue weighted by Gasteiger charge is 2.52. The molecule has 0 bridgehead atoms. The summed E-state index contributed by atoms with van der Waals surface area (Å²) in [6.07, 6.45) is 23.3. The van der Waals surface area contributed by atoms with Crippen LogP contribution in [0.1, 0.15) is 153 Å². The molecule has 4 aliphatic rings. The number of carbonyl (C=O) groups is 2. The lowest BCUT2D eigenvalue weighted by atomic mass is 9.48. The summed E-state index contributed by atoms with van der Waals surface area (Å²) in [7, 11) is 0. The minimum atomic E-state index is -0.525. The Bertz CT molecular complexity index is 1160. The fourth-order valence-electron chi connectivity index (χ4n) is 11.1. The number of ether oxygens (including phenoxy) is 2. The summed E-state index contributed by atoms with van der Waals surface area (Å²) in [5, 5.41) is 0. The number of fused-ring (bicyclic) bond motifs is 2. The van der Waals surface area contributed by atoms with Gasteiger partial charge in [-0.25, -0.2) is 0 Å². The molecule has 2 saturated carbocycles. The summed E-state index contributed by atoms with van der Waals surface area (Å²) in [5.41, 5.74) is 7.12. The molecule has 0 spiro atoms. The van der Waals surface area contributed by atoms with Crippen LogP contribution in [-0.4, -0.2) is 25.2 Å². The van der Waals surface area contributed by atoms with Gasteiger partial charge in [0, 0.05) is 0 Å². The van der Waals surface area contributed by atoms with Crippen LogP contribution in [0.15, 0.2) is 46.6 Å². The molecular formula is C43H68O4. The Morgan fingerprint density at radius 2 is 1.06 bits per heavy atom. The largest absolute Gasteiger partial charge is 0.461 e. The molecule has 0 amide bonds. The smallest absolute Gasteiger partial charge is 0.317 e. The molecule has 2 fully saturated rings. The van der Waals surface area contributed by atoms with Crippen LogP contribution in [0.2, 0.25) is 0 Å². The normalized spacial score (nSPS) is 33.6. The van der Waals surface area contributed by atoms with Gasteiger partial charge in [-0.05, 0) is 149 Å². The molecule has 0 aromatic rings. The van der Waals surface area contributed by atoms with E-state index in [1.54, 1.807) is 11.1 Å². The second-order valence-corrected chi connectivity index (χ2v) is 18.0. The van der Waals surface area contributed by atoms with E-state index in [0.717, 1.165) is 37.5 Å². The van der Waals surface area contributed by atoms with Crippen LogP contribution >= 0.6 is 0 Å². The minimum absolute atomic E-state index is 0.204. The monoisotopic (exact) mass is 649 g/mol. The molecule has 6 unspecified atom stereocenters. The molecule has 0 radical (unpaired) electrons. The van der Waals surface area contributed by atoms with Gasteiger partial charge >= 0.3 is 11.9 Å². The van der Waals surface area contributed by atoms with Gasteiger partial charge in [-0.15, -0.1) is 0 Å². The van der Waals surface area contributed by atoms with Crippen LogP contribution in [0.5, 0.6) is 0 Å². The third-order valence-electron chi connectivity index (χ3n) is 13.9. The zero-order valence-electron chi connectivity index (χ0n) is 31.9. The minimum Gasteiger partial charge on any atom is -0.461 e. The number of carbonyl (C=O) groups excluding carboxylic acids is 2. The average molecular weight is 649 g/mol. The quantitative estimate of drug-likeness (QED) is 0.120. The molecule has 264 valence electrons. The summed E-state index contributed by atoms with van der Waals surface area (Å²) >= 11 is 0. The van der Waals surface area contributed by atoms with Crippen LogP contribution in [0.4, 0.5) is 0 Å². The maximum Gasteiger partial charge on any atom is 0.317 e. The van der Waals surface area contributed by atoms with Gasteiger partial charge in [-0.3, -0.25) is 9.59 Å². The van der Waals surface area contributed by atoms with E-state index in [-0.39, 0.29) is 19.6 Å². The number of rotatable bonds is 12. The Morgan fingerprint density at radius 3 is 1.45 bits per heavy atom. The first-order valence-electron chi connectivity index (χ1n) is 19.0. The lowest BCUT2D eigenvalue weighted by Gasteiger charge is -2.57. The Labute approximate surface area is 288 Å². The van der Waals surface area contributed by atoms with Crippen molar-refractivity contribution < 1.29 is 19.1 Å². The van der Waals surface area contributed by atoms with E-state index >= 15 is 0 Å². The first kappa shape index (κ1) is 37.7. The average Bonchev–Trinajstić information content (AvgIpc) is 2.95. The van der Waals surface area contributed by atoms with E-state index in [9.17, 15) is 9.59 Å². The van der Waals surface area contributed by atoms with Crippen molar-refractivity contribution in [3.05, 3.63) is 46.6 Å². The summed E-state index contributed by atoms with van der Waals surface area (Å²) in [6.45, 7) is 24.3. The highest BCUT2D eigenvalue weighted by Crippen LogP contribution is 2.62. The van der Waals surface area contributed by atoms with Gasteiger partial charge in [0.15, 0.2) is 0 Å². The van der Waals surface area contributed by atoms with Gasteiger partial charge in [0.1, 0.15) is 19.6 Å². The van der Waals surface area contributed by atoms with Gasteiger partial charge in [-0.1, -0.05) is 88.8 Å². The molecule has 0 N–H and O–H groups in total. The van der Waals surface area contributed by atoms with Crippen molar-refractivity contribution in [2.45, 2.75) is 153 Å². The molecule has 4 aliphatic carbocycles. The second-order valence-electron chi connectivity index (χ2n) is 18.0. The predicted octanol–water partition coefficient (Wildman–Crippen LogP) is 11.5. The molecule has 0 aromatic heterocycles. The zero-order valence-corrected chi connectivity index (χ0v) is 31.9. The summed E-state index contributed by atoms with van der Waals surface area (Å²) in [5.74, 6) is 1.64. The van der Waals surface area contributed by atoms with Gasteiger partial charge in [-0.2, -0.15) is 0 Å². The van der Waals surface area contributed by atoms with E-state index in [4.69, 9.17) is 9.47 Å². The lowest BCUT2D eigenvalue weighted by Crippen LogP contribution is -2.48. The Kier molecular flexibility index (Phi) is 12.2.